The first-order valence-corrected chi connectivity index (χ1v) is 7.61. The van der Waals surface area contributed by atoms with Crippen LogP contribution in [0, 0.1) is 0 Å². The second-order valence-corrected chi connectivity index (χ2v) is 6.44. The molecule has 0 bridgehead atoms. The number of nitrogens with two attached hydrogens (primary N) is 1. The fourth-order valence-corrected chi connectivity index (χ4v) is 3.27. The summed E-state index contributed by atoms with van der Waals surface area (Å²) < 4.78 is 0.835. The van der Waals surface area contributed by atoms with Crippen molar-refractivity contribution in [2.75, 3.05) is 11.9 Å². The Labute approximate surface area is 123 Å². The second kappa shape index (κ2) is 6.42. The average molecular weight is 295 g/mol. The molecule has 1 atom stereocenters. The summed E-state index contributed by atoms with van der Waals surface area (Å²) in [5.41, 5.74) is 8.58. The van der Waals surface area contributed by atoms with E-state index >= 15 is 0 Å². The Bertz CT molecular complexity index is 538. The summed E-state index contributed by atoms with van der Waals surface area (Å²) in [4.78, 5) is 3.49. The smallest absolute Gasteiger partial charge is 0.0931 e. The summed E-state index contributed by atoms with van der Waals surface area (Å²) in [5.74, 6) is 0. The van der Waals surface area contributed by atoms with Crippen molar-refractivity contribution in [1.29, 1.82) is 0 Å². The van der Waals surface area contributed by atoms with Crippen LogP contribution in [0.2, 0.25) is 4.34 Å². The minimum absolute atomic E-state index is 0.0885. The Morgan fingerprint density at radius 1 is 1.26 bits per heavy atom. The maximum Gasteiger partial charge on any atom is 0.0931 e. The molecule has 2 rings (SSSR count). The zero-order chi connectivity index (χ0) is 13.8. The normalized spacial score (nSPS) is 12.4. The van der Waals surface area contributed by atoms with Crippen molar-refractivity contribution >= 4 is 28.6 Å². The van der Waals surface area contributed by atoms with Crippen LogP contribution < -0.4 is 10.6 Å². The third-order valence-corrected chi connectivity index (χ3v) is 4.43. The number of para-hydroxylation sites is 1. The number of halogens is 1. The number of benzene rings is 1. The van der Waals surface area contributed by atoms with Gasteiger partial charge in [0, 0.05) is 23.7 Å². The molecule has 19 heavy (non-hydrogen) atoms. The van der Waals surface area contributed by atoms with Crippen molar-refractivity contribution in [1.82, 2.24) is 0 Å². The monoisotopic (exact) mass is 294 g/mol. The van der Waals surface area contributed by atoms with Crippen LogP contribution in [0.15, 0.2) is 36.4 Å². The van der Waals surface area contributed by atoms with Crippen molar-refractivity contribution in [3.05, 3.63) is 51.2 Å². The molecule has 0 spiro atoms. The van der Waals surface area contributed by atoms with E-state index in [0.29, 0.717) is 0 Å². The predicted molar refractivity (Wildman–Crippen MR) is 85.1 cm³/mol. The Kier molecular flexibility index (Phi) is 4.86. The average Bonchev–Trinajstić information content (AvgIpc) is 2.83. The zero-order valence-electron chi connectivity index (χ0n) is 11.3. The molecule has 0 unspecified atom stereocenters. The fourth-order valence-electron chi connectivity index (χ4n) is 2.12. The molecule has 2 N–H and O–H groups in total. The van der Waals surface area contributed by atoms with Gasteiger partial charge in [0.2, 0.25) is 0 Å². The van der Waals surface area contributed by atoms with Crippen molar-refractivity contribution in [2.45, 2.75) is 25.9 Å². The van der Waals surface area contributed by atoms with Gasteiger partial charge >= 0.3 is 0 Å². The van der Waals surface area contributed by atoms with Gasteiger partial charge in [0.05, 0.1) is 10.9 Å². The van der Waals surface area contributed by atoms with Gasteiger partial charge in [-0.1, -0.05) is 36.7 Å². The largest absolute Gasteiger partial charge is 0.369 e. The lowest BCUT2D eigenvalue weighted by Crippen LogP contribution is -2.20. The van der Waals surface area contributed by atoms with Crippen LogP contribution in [-0.2, 0) is 6.54 Å². The lowest BCUT2D eigenvalue weighted by molar-refractivity contribution is 0.694. The van der Waals surface area contributed by atoms with Crippen LogP contribution in [0.1, 0.15) is 29.8 Å². The number of nitrogens with zero attached hydrogens (tertiary/aromatic N) is 1. The molecule has 0 fully saturated rings. The number of anilines is 1. The molecule has 1 heterocycles. The highest BCUT2D eigenvalue weighted by Crippen LogP contribution is 2.29. The van der Waals surface area contributed by atoms with Crippen molar-refractivity contribution in [2.24, 2.45) is 5.73 Å². The van der Waals surface area contributed by atoms with Crippen LogP contribution in [0.3, 0.4) is 0 Å². The van der Waals surface area contributed by atoms with Crippen molar-refractivity contribution < 1.29 is 0 Å². The van der Waals surface area contributed by atoms with E-state index < -0.39 is 0 Å². The standard InChI is InChI=1S/C15H19ClN2S/c1-3-13(17)12-6-4-5-7-14(12)18(2)10-11-8-9-15(16)19-11/h4-9,13H,3,10,17H2,1-2H3/t13-/m0/s1. The summed E-state index contributed by atoms with van der Waals surface area (Å²) in [5, 5.41) is 0. The summed E-state index contributed by atoms with van der Waals surface area (Å²) in [7, 11) is 2.09. The first-order valence-electron chi connectivity index (χ1n) is 6.41. The van der Waals surface area contributed by atoms with Gasteiger partial charge in [-0.05, 0) is 30.2 Å². The molecule has 4 heteroatoms. The summed E-state index contributed by atoms with van der Waals surface area (Å²) in [6.07, 6.45) is 0.940. The zero-order valence-corrected chi connectivity index (χ0v) is 12.8. The molecule has 0 aliphatic heterocycles. The summed E-state index contributed by atoms with van der Waals surface area (Å²) >= 11 is 7.60. The molecule has 2 aromatic rings. The minimum Gasteiger partial charge on any atom is -0.369 e. The van der Waals surface area contributed by atoms with Crippen molar-refractivity contribution in [3.8, 4) is 0 Å². The van der Waals surface area contributed by atoms with E-state index in [1.807, 2.05) is 12.1 Å². The molecule has 1 aromatic heterocycles. The maximum atomic E-state index is 6.19. The Morgan fingerprint density at radius 3 is 2.63 bits per heavy atom. The van der Waals surface area contributed by atoms with E-state index in [9.17, 15) is 0 Å². The quantitative estimate of drug-likeness (QED) is 0.883. The molecule has 0 aliphatic carbocycles. The third kappa shape index (κ3) is 3.50. The fraction of sp³-hybridized carbons (Fsp3) is 0.333. The van der Waals surface area contributed by atoms with Crippen LogP contribution in [-0.4, -0.2) is 7.05 Å². The van der Waals surface area contributed by atoms with Gasteiger partial charge in [0.1, 0.15) is 0 Å². The van der Waals surface area contributed by atoms with E-state index in [2.05, 4.69) is 43.1 Å². The molecule has 0 radical (unpaired) electrons. The molecule has 0 aliphatic rings. The molecule has 102 valence electrons. The first kappa shape index (κ1) is 14.4. The molecular weight excluding hydrogens is 276 g/mol. The highest BCUT2D eigenvalue weighted by atomic mass is 35.5. The van der Waals surface area contributed by atoms with E-state index in [1.165, 1.54) is 16.1 Å². The number of thiophene rings is 1. The van der Waals surface area contributed by atoms with Crippen molar-refractivity contribution in [3.63, 3.8) is 0 Å². The van der Waals surface area contributed by atoms with Crippen LogP contribution in [0.25, 0.3) is 0 Å². The molecule has 0 saturated heterocycles. The van der Waals surface area contributed by atoms with Gasteiger partial charge in [-0.25, -0.2) is 0 Å². The Balaban J connectivity index is 2.21. The predicted octanol–water partition coefficient (Wildman–Crippen LogP) is 4.45. The third-order valence-electron chi connectivity index (χ3n) is 3.21. The lowest BCUT2D eigenvalue weighted by Gasteiger charge is -2.24. The molecule has 2 nitrogen and oxygen atoms in total. The van der Waals surface area contributed by atoms with Gasteiger partial charge in [-0.2, -0.15) is 0 Å². The number of hydrogen-bond donors (Lipinski definition) is 1. The highest BCUT2D eigenvalue weighted by molar-refractivity contribution is 7.16. The SMILES string of the molecule is CC[C@H](N)c1ccccc1N(C)Cc1ccc(Cl)s1. The summed E-state index contributed by atoms with van der Waals surface area (Å²) in [6, 6.07) is 12.4. The molecular formula is C15H19ClN2S. The van der Waals surface area contributed by atoms with E-state index in [0.717, 1.165) is 17.3 Å². The number of hydrogen-bond acceptors (Lipinski definition) is 3. The van der Waals surface area contributed by atoms with E-state index in [-0.39, 0.29) is 6.04 Å². The van der Waals surface area contributed by atoms with Gasteiger partial charge in [0.25, 0.3) is 0 Å². The molecule has 0 saturated carbocycles. The van der Waals surface area contributed by atoms with Gasteiger partial charge in [-0.15, -0.1) is 11.3 Å². The van der Waals surface area contributed by atoms with E-state index in [4.69, 9.17) is 17.3 Å². The molecule has 0 amide bonds. The van der Waals surface area contributed by atoms with Crippen LogP contribution in [0.5, 0.6) is 0 Å². The van der Waals surface area contributed by atoms with Gasteiger partial charge < -0.3 is 10.6 Å². The maximum absolute atomic E-state index is 6.19. The number of rotatable bonds is 5. The first-order chi connectivity index (χ1) is 9.11. The van der Waals surface area contributed by atoms with E-state index in [1.54, 1.807) is 11.3 Å². The lowest BCUT2D eigenvalue weighted by atomic mass is 10.0. The Hall–Kier alpha value is -1.03. The topological polar surface area (TPSA) is 29.3 Å². The highest BCUT2D eigenvalue weighted by Gasteiger charge is 2.12. The van der Waals surface area contributed by atoms with Gasteiger partial charge in [0.15, 0.2) is 0 Å². The second-order valence-electron chi connectivity index (χ2n) is 4.64. The van der Waals surface area contributed by atoms with Crippen LogP contribution >= 0.6 is 22.9 Å². The minimum atomic E-state index is 0.0885. The van der Waals surface area contributed by atoms with Gasteiger partial charge in [-0.3, -0.25) is 0 Å². The van der Waals surface area contributed by atoms with Crippen LogP contribution in [0.4, 0.5) is 5.69 Å². The Morgan fingerprint density at radius 2 is 2.00 bits per heavy atom. The molecule has 1 aromatic carbocycles. The summed E-state index contributed by atoms with van der Waals surface area (Å²) in [6.45, 7) is 2.96.